The first-order valence-electron chi connectivity index (χ1n) is 8.35. The molecular formula is C18H25N3O3S2. The smallest absolute Gasteiger partial charge is 0.237 e. The monoisotopic (exact) mass is 395 g/mol. The highest BCUT2D eigenvalue weighted by atomic mass is 32.2. The van der Waals surface area contributed by atoms with Crippen LogP contribution >= 0.6 is 11.3 Å². The van der Waals surface area contributed by atoms with E-state index >= 15 is 0 Å². The Labute approximate surface area is 158 Å². The van der Waals surface area contributed by atoms with Crippen molar-refractivity contribution in [3.05, 3.63) is 40.4 Å². The van der Waals surface area contributed by atoms with E-state index < -0.39 is 15.9 Å². The van der Waals surface area contributed by atoms with E-state index in [9.17, 15) is 13.2 Å². The molecule has 26 heavy (non-hydrogen) atoms. The first-order valence-corrected chi connectivity index (χ1v) is 11.2. The van der Waals surface area contributed by atoms with E-state index in [-0.39, 0.29) is 24.1 Å². The lowest BCUT2D eigenvalue weighted by atomic mass is 10.1. The van der Waals surface area contributed by atoms with Crippen molar-refractivity contribution < 1.29 is 13.2 Å². The molecule has 0 aliphatic heterocycles. The third kappa shape index (κ3) is 5.62. The zero-order valence-electron chi connectivity index (χ0n) is 15.4. The molecule has 2 atom stereocenters. The molecule has 2 unspecified atom stereocenters. The van der Waals surface area contributed by atoms with Crippen molar-refractivity contribution in [2.45, 2.75) is 39.3 Å². The summed E-state index contributed by atoms with van der Waals surface area (Å²) in [5, 5.41) is 3.76. The third-order valence-electron chi connectivity index (χ3n) is 4.02. The molecule has 0 bridgehead atoms. The van der Waals surface area contributed by atoms with Crippen LogP contribution in [0.25, 0.3) is 10.6 Å². The number of amides is 1. The van der Waals surface area contributed by atoms with Crippen LogP contribution in [-0.2, 0) is 14.6 Å². The molecule has 1 heterocycles. The topological polar surface area (TPSA) is 102 Å². The fourth-order valence-electron chi connectivity index (χ4n) is 2.49. The summed E-state index contributed by atoms with van der Waals surface area (Å²) in [4.78, 5) is 17.8. The number of hydrogen-bond donors (Lipinski definition) is 2. The van der Waals surface area contributed by atoms with Crippen LogP contribution in [0, 0.1) is 13.8 Å². The maximum absolute atomic E-state index is 12.2. The van der Waals surface area contributed by atoms with Crippen molar-refractivity contribution in [2.24, 2.45) is 5.73 Å². The number of nitrogens with two attached hydrogens (primary N) is 1. The van der Waals surface area contributed by atoms with Gasteiger partial charge < -0.3 is 11.1 Å². The van der Waals surface area contributed by atoms with Gasteiger partial charge in [0.25, 0.3) is 0 Å². The summed E-state index contributed by atoms with van der Waals surface area (Å²) in [6.45, 7) is 5.82. The fourth-order valence-corrected chi connectivity index (χ4v) is 4.24. The number of aromatic nitrogens is 1. The van der Waals surface area contributed by atoms with E-state index in [2.05, 4.69) is 10.3 Å². The van der Waals surface area contributed by atoms with Gasteiger partial charge >= 0.3 is 0 Å². The average molecular weight is 396 g/mol. The lowest BCUT2D eigenvalue weighted by Crippen LogP contribution is -2.42. The number of aryl methyl sites for hydroxylation is 2. The van der Waals surface area contributed by atoms with Gasteiger partial charge in [-0.05, 0) is 27.2 Å². The first-order chi connectivity index (χ1) is 12.1. The van der Waals surface area contributed by atoms with Gasteiger partial charge in [0.15, 0.2) is 0 Å². The van der Waals surface area contributed by atoms with Crippen molar-refractivity contribution >= 4 is 27.1 Å². The summed E-state index contributed by atoms with van der Waals surface area (Å²) in [5.74, 6) is -0.460. The lowest BCUT2D eigenvalue weighted by Gasteiger charge is -2.16. The molecule has 1 aromatic carbocycles. The third-order valence-corrected chi connectivity index (χ3v) is 6.39. The first kappa shape index (κ1) is 20.5. The predicted octanol–water partition coefficient (Wildman–Crippen LogP) is 2.37. The van der Waals surface area contributed by atoms with E-state index in [1.165, 1.54) is 16.9 Å². The van der Waals surface area contributed by atoms with Gasteiger partial charge in [0.1, 0.15) is 14.8 Å². The van der Waals surface area contributed by atoms with E-state index in [4.69, 9.17) is 5.73 Å². The highest BCUT2D eigenvalue weighted by Crippen LogP contribution is 2.31. The summed E-state index contributed by atoms with van der Waals surface area (Å²) in [6.07, 6.45) is 1.24. The van der Waals surface area contributed by atoms with Crippen molar-refractivity contribution in [1.29, 1.82) is 0 Å². The summed E-state index contributed by atoms with van der Waals surface area (Å²) < 4.78 is 22.4. The summed E-state index contributed by atoms with van der Waals surface area (Å²) in [6, 6.07) is 7.04. The van der Waals surface area contributed by atoms with Crippen molar-refractivity contribution in [1.82, 2.24) is 10.3 Å². The van der Waals surface area contributed by atoms with Gasteiger partial charge in [0.2, 0.25) is 5.91 Å². The van der Waals surface area contributed by atoms with E-state index in [1.807, 2.05) is 45.0 Å². The minimum absolute atomic E-state index is 0.104. The van der Waals surface area contributed by atoms with Gasteiger partial charge in [-0.25, -0.2) is 13.4 Å². The van der Waals surface area contributed by atoms with Crippen LogP contribution in [-0.4, -0.2) is 37.4 Å². The van der Waals surface area contributed by atoms with Crippen molar-refractivity contribution in [3.8, 4) is 10.6 Å². The van der Waals surface area contributed by atoms with Crippen LogP contribution in [0.2, 0.25) is 0 Å². The fraction of sp³-hybridized carbons (Fsp3) is 0.444. The molecule has 142 valence electrons. The molecule has 0 spiro atoms. The highest BCUT2D eigenvalue weighted by molar-refractivity contribution is 7.90. The molecule has 1 amide bonds. The number of carbonyl (C=O) groups excluding carboxylic acids is 1. The van der Waals surface area contributed by atoms with E-state index in [1.54, 1.807) is 0 Å². The molecule has 6 nitrogen and oxygen atoms in total. The van der Waals surface area contributed by atoms with Gasteiger partial charge in [0, 0.05) is 11.8 Å². The normalized spacial score (nSPS) is 14.0. The molecule has 8 heteroatoms. The van der Waals surface area contributed by atoms with Crippen molar-refractivity contribution in [3.63, 3.8) is 0 Å². The molecule has 0 fully saturated rings. The highest BCUT2D eigenvalue weighted by Gasteiger charge is 2.21. The zero-order valence-corrected chi connectivity index (χ0v) is 17.1. The van der Waals surface area contributed by atoms with Crippen LogP contribution in [0.3, 0.4) is 0 Å². The lowest BCUT2D eigenvalue weighted by molar-refractivity contribution is -0.123. The van der Waals surface area contributed by atoms with Gasteiger partial charge in [-0.3, -0.25) is 4.79 Å². The second-order valence-corrected chi connectivity index (χ2v) is 9.88. The van der Waals surface area contributed by atoms with Crippen LogP contribution in [0.15, 0.2) is 24.3 Å². The molecule has 0 aliphatic carbocycles. The number of hydrogen-bond acceptors (Lipinski definition) is 6. The molecule has 1 aromatic heterocycles. The Morgan fingerprint density at radius 1 is 1.27 bits per heavy atom. The van der Waals surface area contributed by atoms with Crippen LogP contribution < -0.4 is 11.1 Å². The number of sulfone groups is 1. The van der Waals surface area contributed by atoms with Gasteiger partial charge in [-0.1, -0.05) is 29.8 Å². The molecule has 3 N–H and O–H groups in total. The van der Waals surface area contributed by atoms with Crippen LogP contribution in [0.4, 0.5) is 0 Å². The number of carbonyl (C=O) groups is 1. The summed E-state index contributed by atoms with van der Waals surface area (Å²) in [5.41, 5.74) is 8.90. The van der Waals surface area contributed by atoms with Gasteiger partial charge in [-0.2, -0.15) is 0 Å². The standard InChI is InChI=1S/C18H25N3O3S2/c1-11-5-7-14(8-6-11)18-21-13(3)16(25-18)12(2)20-17(22)15(19)9-10-26(4,23)24/h5-8,12,15H,9-10,19H2,1-4H3,(H,20,22). The minimum Gasteiger partial charge on any atom is -0.347 e. The van der Waals surface area contributed by atoms with Crippen molar-refractivity contribution in [2.75, 3.05) is 12.0 Å². The number of thiazole rings is 1. The van der Waals surface area contributed by atoms with Crippen LogP contribution in [0.1, 0.15) is 35.5 Å². The Bertz CT molecular complexity index is 874. The molecule has 0 aliphatic rings. The predicted molar refractivity (Wildman–Crippen MR) is 106 cm³/mol. The van der Waals surface area contributed by atoms with E-state index in [0.29, 0.717) is 0 Å². The molecule has 2 aromatic rings. The summed E-state index contributed by atoms with van der Waals surface area (Å²) >= 11 is 1.54. The SMILES string of the molecule is Cc1ccc(-c2nc(C)c(C(C)NC(=O)C(N)CCS(C)(=O)=O)s2)cc1. The quantitative estimate of drug-likeness (QED) is 0.749. The van der Waals surface area contributed by atoms with Crippen LogP contribution in [0.5, 0.6) is 0 Å². The minimum atomic E-state index is -3.14. The molecule has 0 saturated carbocycles. The Morgan fingerprint density at radius 3 is 2.46 bits per heavy atom. The average Bonchev–Trinajstić information content (AvgIpc) is 2.94. The summed E-state index contributed by atoms with van der Waals surface area (Å²) in [7, 11) is -3.14. The largest absolute Gasteiger partial charge is 0.347 e. The second kappa shape index (κ2) is 8.28. The Balaban J connectivity index is 2.06. The second-order valence-electron chi connectivity index (χ2n) is 6.59. The Hall–Kier alpha value is -1.77. The number of nitrogens with one attached hydrogen (secondary N) is 1. The Morgan fingerprint density at radius 2 is 1.88 bits per heavy atom. The number of benzene rings is 1. The maximum atomic E-state index is 12.2. The molecule has 2 rings (SSSR count). The molecule has 0 radical (unpaired) electrons. The number of nitrogens with zero attached hydrogens (tertiary/aromatic N) is 1. The van der Waals surface area contributed by atoms with Gasteiger partial charge in [0.05, 0.1) is 28.4 Å². The van der Waals surface area contributed by atoms with E-state index in [0.717, 1.165) is 27.4 Å². The van der Waals surface area contributed by atoms with Gasteiger partial charge in [-0.15, -0.1) is 11.3 Å². The maximum Gasteiger partial charge on any atom is 0.237 e. The molecule has 0 saturated heterocycles. The molecular weight excluding hydrogens is 370 g/mol. The number of rotatable bonds is 7. The Kier molecular flexibility index (Phi) is 6.54. The zero-order chi connectivity index (χ0) is 19.5.